The lowest BCUT2D eigenvalue weighted by Crippen LogP contribution is -2.14. The minimum absolute atomic E-state index is 0.459. The number of hydrogen-bond donors (Lipinski definition) is 3. The summed E-state index contributed by atoms with van der Waals surface area (Å²) in [7, 11) is 0. The average molecular weight is 227 g/mol. The van der Waals surface area contributed by atoms with Gasteiger partial charge in [0.2, 0.25) is 0 Å². The van der Waals surface area contributed by atoms with Gasteiger partial charge in [0.1, 0.15) is 0 Å². The maximum absolute atomic E-state index is 9.46. The standard InChI is InChI=1S/C12H18O2.H3NO/c1-10(2)8-12(13)14-9-11-6-4-3-5-7-11;1-2/h3-7,10,12-13H,8-9H2,1-2H3;2H,1H2. The second kappa shape index (κ2) is 9.30. The van der Waals surface area contributed by atoms with E-state index in [2.05, 4.69) is 19.7 Å². The van der Waals surface area contributed by atoms with Crippen LogP contribution in [0.2, 0.25) is 0 Å². The Bertz CT molecular complexity index is 252. The topological polar surface area (TPSA) is 75.7 Å². The zero-order valence-corrected chi connectivity index (χ0v) is 9.84. The molecule has 0 aliphatic carbocycles. The smallest absolute Gasteiger partial charge is 0.155 e. The van der Waals surface area contributed by atoms with E-state index in [9.17, 15) is 5.11 Å². The van der Waals surface area contributed by atoms with E-state index in [0.717, 1.165) is 5.56 Å². The predicted molar refractivity (Wildman–Crippen MR) is 62.7 cm³/mol. The maximum Gasteiger partial charge on any atom is 0.155 e. The third-order valence-corrected chi connectivity index (χ3v) is 1.96. The van der Waals surface area contributed by atoms with E-state index in [1.807, 2.05) is 30.3 Å². The van der Waals surface area contributed by atoms with Crippen LogP contribution in [-0.2, 0) is 11.3 Å². The molecule has 0 radical (unpaired) electrons. The summed E-state index contributed by atoms with van der Waals surface area (Å²) in [6.07, 6.45) is 0.0440. The van der Waals surface area contributed by atoms with Gasteiger partial charge in [-0.05, 0) is 11.5 Å². The Morgan fingerprint density at radius 3 is 2.25 bits per heavy atom. The van der Waals surface area contributed by atoms with Gasteiger partial charge < -0.3 is 15.1 Å². The minimum Gasteiger partial charge on any atom is -0.368 e. The fourth-order valence-corrected chi connectivity index (χ4v) is 1.24. The number of benzene rings is 1. The fourth-order valence-electron chi connectivity index (χ4n) is 1.24. The van der Waals surface area contributed by atoms with Gasteiger partial charge in [-0.1, -0.05) is 44.2 Å². The highest BCUT2D eigenvalue weighted by atomic mass is 16.6. The molecule has 0 aromatic heterocycles. The Morgan fingerprint density at radius 2 is 1.75 bits per heavy atom. The molecule has 0 aliphatic rings. The first-order chi connectivity index (χ1) is 7.68. The van der Waals surface area contributed by atoms with Crippen molar-refractivity contribution in [3.05, 3.63) is 35.9 Å². The zero-order chi connectivity index (χ0) is 12.4. The molecule has 0 bridgehead atoms. The normalized spacial score (nSPS) is 11.9. The molecule has 0 fully saturated rings. The lowest BCUT2D eigenvalue weighted by molar-refractivity contribution is -0.117. The van der Waals surface area contributed by atoms with Crippen molar-refractivity contribution in [2.24, 2.45) is 11.8 Å². The van der Waals surface area contributed by atoms with Crippen LogP contribution in [-0.4, -0.2) is 16.6 Å². The Hall–Kier alpha value is -0.940. The summed E-state index contributed by atoms with van der Waals surface area (Å²) in [4.78, 5) is 0. The Balaban J connectivity index is 0.00000106. The van der Waals surface area contributed by atoms with Crippen LogP contribution in [0.5, 0.6) is 0 Å². The molecule has 1 unspecified atom stereocenters. The molecule has 0 aliphatic heterocycles. The van der Waals surface area contributed by atoms with Gasteiger partial charge in [-0.2, -0.15) is 0 Å². The van der Waals surface area contributed by atoms with Gasteiger partial charge in [-0.3, -0.25) is 0 Å². The van der Waals surface area contributed by atoms with Crippen LogP contribution in [0.1, 0.15) is 25.8 Å². The first-order valence-electron chi connectivity index (χ1n) is 5.28. The van der Waals surface area contributed by atoms with E-state index < -0.39 is 6.29 Å². The molecule has 0 amide bonds. The van der Waals surface area contributed by atoms with E-state index in [0.29, 0.717) is 18.9 Å². The van der Waals surface area contributed by atoms with Crippen LogP contribution < -0.4 is 5.90 Å². The second-order valence-electron chi connectivity index (χ2n) is 3.88. The molecule has 1 aromatic rings. The molecule has 16 heavy (non-hydrogen) atoms. The van der Waals surface area contributed by atoms with Crippen LogP contribution in [0.3, 0.4) is 0 Å². The van der Waals surface area contributed by atoms with E-state index >= 15 is 0 Å². The minimum atomic E-state index is -0.643. The van der Waals surface area contributed by atoms with Crippen molar-refractivity contribution in [3.63, 3.8) is 0 Å². The summed E-state index contributed by atoms with van der Waals surface area (Å²) >= 11 is 0. The molecule has 1 aromatic carbocycles. The monoisotopic (exact) mass is 227 g/mol. The first-order valence-corrected chi connectivity index (χ1v) is 5.28. The first kappa shape index (κ1) is 15.1. The predicted octanol–water partition coefficient (Wildman–Crippen LogP) is 1.90. The van der Waals surface area contributed by atoms with Gasteiger partial charge in [0, 0.05) is 6.42 Å². The summed E-state index contributed by atoms with van der Waals surface area (Å²) in [6.45, 7) is 4.61. The van der Waals surface area contributed by atoms with E-state index in [1.165, 1.54) is 0 Å². The molecule has 4 N–H and O–H groups in total. The largest absolute Gasteiger partial charge is 0.368 e. The third-order valence-electron chi connectivity index (χ3n) is 1.96. The van der Waals surface area contributed by atoms with Crippen molar-refractivity contribution < 1.29 is 15.1 Å². The molecular weight excluding hydrogens is 206 g/mol. The number of aliphatic hydroxyl groups excluding tert-OH is 1. The van der Waals surface area contributed by atoms with Crippen LogP contribution in [0.15, 0.2) is 30.3 Å². The fraction of sp³-hybridized carbons (Fsp3) is 0.500. The lowest BCUT2D eigenvalue weighted by Gasteiger charge is -2.13. The molecule has 4 nitrogen and oxygen atoms in total. The maximum atomic E-state index is 9.46. The Labute approximate surface area is 96.6 Å². The van der Waals surface area contributed by atoms with Gasteiger partial charge in [-0.25, -0.2) is 5.90 Å². The molecule has 92 valence electrons. The van der Waals surface area contributed by atoms with Crippen molar-refractivity contribution in [1.82, 2.24) is 0 Å². The van der Waals surface area contributed by atoms with Crippen molar-refractivity contribution in [2.75, 3.05) is 0 Å². The highest BCUT2D eigenvalue weighted by molar-refractivity contribution is 5.13. The van der Waals surface area contributed by atoms with Crippen molar-refractivity contribution in [1.29, 1.82) is 0 Å². The zero-order valence-electron chi connectivity index (χ0n) is 9.84. The molecule has 0 spiro atoms. The van der Waals surface area contributed by atoms with Gasteiger partial charge >= 0.3 is 0 Å². The van der Waals surface area contributed by atoms with Crippen LogP contribution >= 0.6 is 0 Å². The van der Waals surface area contributed by atoms with Gasteiger partial charge in [-0.15, -0.1) is 0 Å². The van der Waals surface area contributed by atoms with Crippen LogP contribution in [0.4, 0.5) is 0 Å². The van der Waals surface area contributed by atoms with E-state index in [1.54, 1.807) is 0 Å². The molecule has 0 heterocycles. The molecular formula is C12H21NO3. The summed E-state index contributed by atoms with van der Waals surface area (Å²) in [5, 5.41) is 16.0. The SMILES string of the molecule is CC(C)CC(O)OCc1ccccc1.NO. The van der Waals surface area contributed by atoms with Gasteiger partial charge in [0.25, 0.3) is 0 Å². The van der Waals surface area contributed by atoms with Crippen molar-refractivity contribution in [2.45, 2.75) is 33.2 Å². The number of aliphatic hydroxyl groups is 1. The Kier molecular flexibility index (Phi) is 8.75. The van der Waals surface area contributed by atoms with Gasteiger partial charge in [0.15, 0.2) is 6.29 Å². The molecule has 4 heteroatoms. The third kappa shape index (κ3) is 7.36. The summed E-state index contributed by atoms with van der Waals surface area (Å²) in [5.41, 5.74) is 1.09. The molecule has 1 atom stereocenters. The van der Waals surface area contributed by atoms with Gasteiger partial charge in [0.05, 0.1) is 6.61 Å². The quantitative estimate of drug-likeness (QED) is 0.530. The lowest BCUT2D eigenvalue weighted by atomic mass is 10.1. The van der Waals surface area contributed by atoms with Crippen molar-refractivity contribution >= 4 is 0 Å². The van der Waals surface area contributed by atoms with Crippen LogP contribution in [0.25, 0.3) is 0 Å². The number of nitrogens with two attached hydrogens (primary N) is 1. The average Bonchev–Trinajstić information content (AvgIpc) is 2.30. The summed E-state index contributed by atoms with van der Waals surface area (Å²) in [5.74, 6) is 3.96. The van der Waals surface area contributed by atoms with Crippen molar-refractivity contribution in [3.8, 4) is 0 Å². The number of ether oxygens (including phenoxy) is 1. The Morgan fingerprint density at radius 1 is 1.19 bits per heavy atom. The summed E-state index contributed by atoms with van der Waals surface area (Å²) in [6, 6.07) is 9.87. The molecule has 0 saturated carbocycles. The number of rotatable bonds is 5. The van der Waals surface area contributed by atoms with E-state index in [-0.39, 0.29) is 0 Å². The second-order valence-corrected chi connectivity index (χ2v) is 3.88. The molecule has 1 rings (SSSR count). The van der Waals surface area contributed by atoms with Crippen LogP contribution in [0, 0.1) is 5.92 Å². The highest BCUT2D eigenvalue weighted by Gasteiger charge is 2.06. The van der Waals surface area contributed by atoms with E-state index in [4.69, 9.17) is 9.94 Å². The number of hydrogen-bond acceptors (Lipinski definition) is 4. The highest BCUT2D eigenvalue weighted by Crippen LogP contribution is 2.08. The molecule has 0 saturated heterocycles. The summed E-state index contributed by atoms with van der Waals surface area (Å²) < 4.78 is 5.29.